The monoisotopic (exact) mass is 420 g/mol. The number of nitrogens with one attached hydrogen (secondary N) is 3. The minimum atomic E-state index is -1.69. The summed E-state index contributed by atoms with van der Waals surface area (Å²) >= 11 is 0. The summed E-state index contributed by atoms with van der Waals surface area (Å²) in [4.78, 5) is 58.4. The molecule has 0 aromatic carbocycles. The summed E-state index contributed by atoms with van der Waals surface area (Å²) in [5.41, 5.74) is 5.41. The minimum Gasteiger partial charge on any atom is -0.481 e. The first kappa shape index (κ1) is 26.2. The predicted molar refractivity (Wildman–Crippen MR) is 97.3 cm³/mol. The molecule has 29 heavy (non-hydrogen) atoms. The van der Waals surface area contributed by atoms with Crippen molar-refractivity contribution >= 4 is 29.7 Å². The second kappa shape index (κ2) is 11.9. The first-order valence-electron chi connectivity index (χ1n) is 8.75. The van der Waals surface area contributed by atoms with Crippen LogP contribution in [0, 0.1) is 0 Å². The highest BCUT2D eigenvalue weighted by atomic mass is 16.4. The fourth-order valence-electron chi connectivity index (χ4n) is 2.13. The molecule has 0 aromatic rings. The van der Waals surface area contributed by atoms with Crippen molar-refractivity contribution in [3.05, 3.63) is 0 Å². The first-order chi connectivity index (χ1) is 13.3. The van der Waals surface area contributed by atoms with Gasteiger partial charge in [0.2, 0.25) is 17.7 Å². The summed E-state index contributed by atoms with van der Waals surface area (Å²) in [6.07, 6.45) is -3.74. The van der Waals surface area contributed by atoms with Crippen molar-refractivity contribution in [2.75, 3.05) is 0 Å². The van der Waals surface area contributed by atoms with Crippen molar-refractivity contribution in [3.63, 3.8) is 0 Å². The van der Waals surface area contributed by atoms with Gasteiger partial charge < -0.3 is 42.1 Å². The van der Waals surface area contributed by atoms with Crippen LogP contribution < -0.4 is 21.7 Å². The van der Waals surface area contributed by atoms with E-state index in [1.54, 1.807) is 0 Å². The predicted octanol–water partition coefficient (Wildman–Crippen LogP) is -3.50. The second-order valence-corrected chi connectivity index (χ2v) is 6.57. The van der Waals surface area contributed by atoms with E-state index in [4.69, 9.17) is 15.9 Å². The van der Waals surface area contributed by atoms with Gasteiger partial charge in [0, 0.05) is 6.42 Å². The molecule has 6 unspecified atom stereocenters. The number of nitrogens with two attached hydrogens (primary N) is 1. The van der Waals surface area contributed by atoms with Crippen LogP contribution in [0.3, 0.4) is 0 Å². The summed E-state index contributed by atoms with van der Waals surface area (Å²) in [6.45, 7) is 3.62. The lowest BCUT2D eigenvalue weighted by atomic mass is 10.1. The lowest BCUT2D eigenvalue weighted by molar-refractivity contribution is -0.146. The van der Waals surface area contributed by atoms with Crippen LogP contribution in [0.15, 0.2) is 0 Å². The molecule has 13 nitrogen and oxygen atoms in total. The maximum atomic E-state index is 12.5. The molecular weight excluding hydrogens is 392 g/mol. The summed E-state index contributed by atoms with van der Waals surface area (Å²) in [6, 6.07) is -5.69. The molecule has 0 spiro atoms. The van der Waals surface area contributed by atoms with Crippen molar-refractivity contribution in [1.82, 2.24) is 16.0 Å². The Kier molecular flexibility index (Phi) is 10.8. The largest absolute Gasteiger partial charge is 0.481 e. The number of carbonyl (C=O) groups is 5. The van der Waals surface area contributed by atoms with Gasteiger partial charge in [0.25, 0.3) is 0 Å². The zero-order valence-corrected chi connectivity index (χ0v) is 16.3. The first-order valence-corrected chi connectivity index (χ1v) is 8.75. The Morgan fingerprint density at radius 1 is 0.793 bits per heavy atom. The van der Waals surface area contributed by atoms with E-state index in [-0.39, 0.29) is 6.42 Å². The molecule has 0 aliphatic carbocycles. The lowest BCUT2D eigenvalue weighted by Crippen LogP contribution is -2.60. The molecule has 0 heterocycles. The Hall–Kier alpha value is -2.77. The summed E-state index contributed by atoms with van der Waals surface area (Å²) in [7, 11) is 0. The number of rotatable bonds is 12. The number of hydrogen-bond donors (Lipinski definition) is 8. The van der Waals surface area contributed by atoms with E-state index < -0.39 is 72.5 Å². The van der Waals surface area contributed by atoms with Gasteiger partial charge in [-0.1, -0.05) is 0 Å². The van der Waals surface area contributed by atoms with E-state index in [0.717, 1.165) is 13.8 Å². The van der Waals surface area contributed by atoms with Gasteiger partial charge in [-0.3, -0.25) is 19.2 Å². The average molecular weight is 420 g/mol. The second-order valence-electron chi connectivity index (χ2n) is 6.57. The van der Waals surface area contributed by atoms with Crippen LogP contribution >= 0.6 is 0 Å². The molecule has 166 valence electrons. The van der Waals surface area contributed by atoms with Crippen molar-refractivity contribution in [1.29, 1.82) is 0 Å². The molecule has 0 aromatic heterocycles. The number of aliphatic hydroxyl groups excluding tert-OH is 2. The molecule has 0 fully saturated rings. The molecule has 0 bridgehead atoms. The fraction of sp³-hybridized carbons (Fsp3) is 0.688. The van der Waals surface area contributed by atoms with Crippen LogP contribution in [-0.2, 0) is 24.0 Å². The summed E-state index contributed by atoms with van der Waals surface area (Å²) in [5.74, 6) is -5.59. The molecule has 0 rings (SSSR count). The highest BCUT2D eigenvalue weighted by molar-refractivity contribution is 5.94. The third kappa shape index (κ3) is 9.32. The standard InChI is InChI=1S/C16H28N4O9/c1-6(17)13(25)18-9(4-5-10(23)24)14(26)19-11(7(2)21)15(27)20-12(8(3)22)16(28)29/h6-9,11-12,21-22H,4-5,17H2,1-3H3,(H,18,25)(H,19,26)(H,20,27)(H,23,24)(H,28,29). The van der Waals surface area contributed by atoms with Crippen LogP contribution in [0.25, 0.3) is 0 Å². The number of carboxylic acids is 2. The van der Waals surface area contributed by atoms with Crippen LogP contribution in [-0.4, -0.2) is 86.5 Å². The Labute approximate surface area is 166 Å². The van der Waals surface area contributed by atoms with E-state index in [0.29, 0.717) is 0 Å². The number of amides is 3. The Morgan fingerprint density at radius 3 is 1.66 bits per heavy atom. The minimum absolute atomic E-state index is 0.320. The van der Waals surface area contributed by atoms with E-state index in [9.17, 15) is 34.2 Å². The highest BCUT2D eigenvalue weighted by Gasteiger charge is 2.33. The quantitative estimate of drug-likeness (QED) is 0.155. The maximum absolute atomic E-state index is 12.5. The van der Waals surface area contributed by atoms with Crippen molar-refractivity contribution < 1.29 is 44.4 Å². The van der Waals surface area contributed by atoms with Gasteiger partial charge >= 0.3 is 11.9 Å². The Bertz CT molecular complexity index is 622. The van der Waals surface area contributed by atoms with Crippen molar-refractivity contribution in [3.8, 4) is 0 Å². The number of aliphatic carboxylic acids is 2. The molecule has 3 amide bonds. The van der Waals surface area contributed by atoms with Crippen LogP contribution in [0.5, 0.6) is 0 Å². The maximum Gasteiger partial charge on any atom is 0.328 e. The van der Waals surface area contributed by atoms with Gasteiger partial charge in [-0.25, -0.2) is 4.79 Å². The molecule has 0 saturated carbocycles. The van der Waals surface area contributed by atoms with Crippen LogP contribution in [0.1, 0.15) is 33.6 Å². The van der Waals surface area contributed by atoms with Gasteiger partial charge in [0.1, 0.15) is 12.1 Å². The number of hydrogen-bond acceptors (Lipinski definition) is 8. The van der Waals surface area contributed by atoms with Gasteiger partial charge in [0.05, 0.1) is 18.2 Å². The average Bonchev–Trinajstić information content (AvgIpc) is 2.59. The molecular formula is C16H28N4O9. The third-order valence-corrected chi connectivity index (χ3v) is 3.80. The Morgan fingerprint density at radius 2 is 1.28 bits per heavy atom. The molecule has 9 N–H and O–H groups in total. The molecule has 13 heteroatoms. The molecule has 6 atom stereocenters. The number of aliphatic hydroxyl groups is 2. The fourth-order valence-corrected chi connectivity index (χ4v) is 2.13. The summed E-state index contributed by atoms with van der Waals surface area (Å²) in [5, 5.41) is 43.4. The topological polar surface area (TPSA) is 228 Å². The Balaban J connectivity index is 5.38. The highest BCUT2D eigenvalue weighted by Crippen LogP contribution is 2.03. The van der Waals surface area contributed by atoms with E-state index in [1.807, 2.05) is 5.32 Å². The van der Waals surface area contributed by atoms with Crippen LogP contribution in [0.4, 0.5) is 0 Å². The zero-order chi connectivity index (χ0) is 22.9. The van der Waals surface area contributed by atoms with Gasteiger partial charge in [-0.15, -0.1) is 0 Å². The molecule has 0 aliphatic heterocycles. The van der Waals surface area contributed by atoms with Crippen molar-refractivity contribution in [2.24, 2.45) is 5.73 Å². The van der Waals surface area contributed by atoms with Crippen molar-refractivity contribution in [2.45, 2.75) is 70.0 Å². The van der Waals surface area contributed by atoms with E-state index in [2.05, 4.69) is 10.6 Å². The number of carbonyl (C=O) groups excluding carboxylic acids is 3. The van der Waals surface area contributed by atoms with E-state index in [1.165, 1.54) is 6.92 Å². The molecule has 0 radical (unpaired) electrons. The summed E-state index contributed by atoms with van der Waals surface area (Å²) < 4.78 is 0. The van der Waals surface area contributed by atoms with E-state index >= 15 is 0 Å². The lowest BCUT2D eigenvalue weighted by Gasteiger charge is -2.26. The van der Waals surface area contributed by atoms with Crippen LogP contribution in [0.2, 0.25) is 0 Å². The SMILES string of the molecule is CC(N)C(=O)NC(CCC(=O)O)C(=O)NC(C(=O)NC(C(=O)O)C(C)O)C(C)O. The zero-order valence-electron chi connectivity index (χ0n) is 16.3. The number of carboxylic acid groups (broad SMARTS) is 2. The van der Waals surface area contributed by atoms with Gasteiger partial charge in [0.15, 0.2) is 6.04 Å². The molecule has 0 saturated heterocycles. The van der Waals surface area contributed by atoms with Gasteiger partial charge in [-0.05, 0) is 27.2 Å². The normalized spacial score (nSPS) is 17.0. The third-order valence-electron chi connectivity index (χ3n) is 3.80. The smallest absolute Gasteiger partial charge is 0.328 e. The van der Waals surface area contributed by atoms with Gasteiger partial charge in [-0.2, -0.15) is 0 Å². The molecule has 0 aliphatic rings.